The molecule has 0 aromatic heterocycles. The average molecular weight is 257 g/mol. The normalized spacial score (nSPS) is 9.79. The molecule has 0 saturated heterocycles. The molecule has 0 spiro atoms. The Hall–Kier alpha value is -2.49. The maximum absolute atomic E-state index is 11.1. The van der Waals surface area contributed by atoms with Crippen LogP contribution in [0.2, 0.25) is 0 Å². The summed E-state index contributed by atoms with van der Waals surface area (Å²) in [5.41, 5.74) is 1.79. The van der Waals surface area contributed by atoms with Gasteiger partial charge in [0.2, 0.25) is 6.41 Å². The topological polar surface area (TPSA) is 38.8 Å². The fourth-order valence-electron chi connectivity index (χ4n) is 1.60. The molecular formula is C15H15NO3. The van der Waals surface area contributed by atoms with Crippen LogP contribution < -0.4 is 14.6 Å². The van der Waals surface area contributed by atoms with Crippen LogP contribution in [0.1, 0.15) is 5.56 Å². The van der Waals surface area contributed by atoms with Crippen molar-refractivity contribution >= 4 is 12.1 Å². The van der Waals surface area contributed by atoms with Gasteiger partial charge in [-0.1, -0.05) is 23.8 Å². The molecular weight excluding hydrogens is 242 g/mol. The minimum absolute atomic E-state index is 0.534. The first-order valence-corrected chi connectivity index (χ1v) is 5.86. The molecule has 4 heteroatoms. The number of hydrogen-bond donors (Lipinski definition) is 0. The van der Waals surface area contributed by atoms with E-state index >= 15 is 0 Å². The third kappa shape index (κ3) is 3.25. The maximum Gasteiger partial charge on any atom is 0.247 e. The number of aryl methyl sites for hydroxylation is 1. The zero-order valence-electron chi connectivity index (χ0n) is 10.9. The third-order valence-corrected chi connectivity index (χ3v) is 2.63. The summed E-state index contributed by atoms with van der Waals surface area (Å²) in [6.07, 6.45) is 0.629. The van der Waals surface area contributed by atoms with Crippen molar-refractivity contribution in [1.82, 2.24) is 0 Å². The second kappa shape index (κ2) is 5.91. The predicted octanol–water partition coefficient (Wildman–Crippen LogP) is 2.96. The molecule has 0 N–H and O–H groups in total. The number of anilines is 1. The zero-order chi connectivity index (χ0) is 13.7. The van der Waals surface area contributed by atoms with E-state index in [2.05, 4.69) is 0 Å². The van der Waals surface area contributed by atoms with Gasteiger partial charge in [-0.05, 0) is 31.2 Å². The van der Waals surface area contributed by atoms with Crippen molar-refractivity contribution in [2.45, 2.75) is 6.92 Å². The van der Waals surface area contributed by atoms with Crippen LogP contribution in [0.25, 0.3) is 0 Å². The van der Waals surface area contributed by atoms with Crippen LogP contribution >= 0.6 is 0 Å². The summed E-state index contributed by atoms with van der Waals surface area (Å²) in [5, 5.41) is 1.17. The molecule has 0 fully saturated rings. The summed E-state index contributed by atoms with van der Waals surface area (Å²) < 4.78 is 5.10. The minimum atomic E-state index is 0.534. The second-order valence-electron chi connectivity index (χ2n) is 4.04. The first-order chi connectivity index (χ1) is 9.22. The summed E-state index contributed by atoms with van der Waals surface area (Å²) in [6, 6.07) is 14.6. The molecule has 0 aliphatic heterocycles. The van der Waals surface area contributed by atoms with Gasteiger partial charge in [-0.15, -0.1) is 5.06 Å². The zero-order valence-corrected chi connectivity index (χ0v) is 10.9. The number of nitrogens with zero attached hydrogens (tertiary/aromatic N) is 1. The Labute approximate surface area is 112 Å². The van der Waals surface area contributed by atoms with Crippen molar-refractivity contribution < 1.29 is 14.4 Å². The first-order valence-electron chi connectivity index (χ1n) is 5.86. The second-order valence-corrected chi connectivity index (χ2v) is 4.04. The van der Waals surface area contributed by atoms with Crippen LogP contribution in [0.4, 0.5) is 5.69 Å². The molecule has 2 aromatic carbocycles. The number of hydrogen-bond acceptors (Lipinski definition) is 3. The Balaban J connectivity index is 2.18. The molecule has 0 saturated carbocycles. The largest absolute Gasteiger partial charge is 0.497 e. The van der Waals surface area contributed by atoms with Crippen molar-refractivity contribution in [3.05, 3.63) is 54.1 Å². The number of methoxy groups -OCH3 is 1. The summed E-state index contributed by atoms with van der Waals surface area (Å²) in [7, 11) is 1.58. The molecule has 1 amide bonds. The van der Waals surface area contributed by atoms with Gasteiger partial charge in [0.05, 0.1) is 12.8 Å². The predicted molar refractivity (Wildman–Crippen MR) is 73.3 cm³/mol. The lowest BCUT2D eigenvalue weighted by Crippen LogP contribution is -2.25. The lowest BCUT2D eigenvalue weighted by molar-refractivity contribution is -0.111. The van der Waals surface area contributed by atoms with Gasteiger partial charge >= 0.3 is 0 Å². The first kappa shape index (κ1) is 13.0. The van der Waals surface area contributed by atoms with Gasteiger partial charge in [0.25, 0.3) is 0 Å². The number of hydroxylamine groups is 1. The van der Waals surface area contributed by atoms with E-state index in [1.807, 2.05) is 37.3 Å². The van der Waals surface area contributed by atoms with E-state index < -0.39 is 0 Å². The quantitative estimate of drug-likeness (QED) is 0.610. The summed E-state index contributed by atoms with van der Waals surface area (Å²) in [4.78, 5) is 16.6. The van der Waals surface area contributed by atoms with E-state index in [0.717, 1.165) is 5.56 Å². The highest BCUT2D eigenvalue weighted by molar-refractivity contribution is 5.72. The van der Waals surface area contributed by atoms with E-state index in [1.165, 1.54) is 5.06 Å². The number of carbonyl (C=O) groups is 1. The monoisotopic (exact) mass is 257 g/mol. The van der Waals surface area contributed by atoms with E-state index in [4.69, 9.17) is 9.57 Å². The molecule has 0 radical (unpaired) electrons. The van der Waals surface area contributed by atoms with Crippen molar-refractivity contribution in [1.29, 1.82) is 0 Å². The van der Waals surface area contributed by atoms with E-state index in [9.17, 15) is 4.79 Å². The number of amides is 1. The van der Waals surface area contributed by atoms with E-state index in [-0.39, 0.29) is 0 Å². The van der Waals surface area contributed by atoms with E-state index in [0.29, 0.717) is 23.6 Å². The van der Waals surface area contributed by atoms with E-state index in [1.54, 1.807) is 25.3 Å². The lowest BCUT2D eigenvalue weighted by Gasteiger charge is -2.18. The van der Waals surface area contributed by atoms with Gasteiger partial charge in [-0.2, -0.15) is 0 Å². The van der Waals surface area contributed by atoms with Crippen LogP contribution in [0, 0.1) is 6.92 Å². The molecule has 0 atom stereocenters. The fourth-order valence-corrected chi connectivity index (χ4v) is 1.60. The number of carbonyl (C=O) groups excluding carboxylic acids is 1. The highest BCUT2D eigenvalue weighted by Crippen LogP contribution is 2.22. The van der Waals surface area contributed by atoms with Gasteiger partial charge in [0, 0.05) is 6.07 Å². The molecule has 2 rings (SSSR count). The van der Waals surface area contributed by atoms with Gasteiger partial charge in [0.15, 0.2) is 5.75 Å². The molecule has 0 heterocycles. The van der Waals surface area contributed by atoms with Gasteiger partial charge in [-0.25, -0.2) is 0 Å². The van der Waals surface area contributed by atoms with Crippen LogP contribution in [0.3, 0.4) is 0 Å². The van der Waals surface area contributed by atoms with Crippen molar-refractivity contribution in [2.24, 2.45) is 0 Å². The van der Waals surface area contributed by atoms with Crippen LogP contribution in [-0.4, -0.2) is 13.5 Å². The standard InChI is InChI=1S/C15H15NO3/c1-12-6-8-13(9-7-12)16(11-17)19-15-5-3-4-14(10-15)18-2/h3-11H,1-2H3. The Morgan fingerprint density at radius 3 is 2.37 bits per heavy atom. The minimum Gasteiger partial charge on any atom is -0.497 e. The molecule has 0 unspecified atom stereocenters. The highest BCUT2D eigenvalue weighted by Gasteiger charge is 2.07. The number of ether oxygens (including phenoxy) is 1. The van der Waals surface area contributed by atoms with Gasteiger partial charge in [0.1, 0.15) is 5.75 Å². The average Bonchev–Trinajstić information content (AvgIpc) is 2.46. The molecule has 0 bridgehead atoms. The smallest absolute Gasteiger partial charge is 0.247 e. The molecule has 0 aliphatic rings. The molecule has 98 valence electrons. The Morgan fingerprint density at radius 1 is 1.05 bits per heavy atom. The summed E-state index contributed by atoms with van der Waals surface area (Å²) in [6.45, 7) is 1.98. The Morgan fingerprint density at radius 2 is 1.74 bits per heavy atom. The molecule has 4 nitrogen and oxygen atoms in total. The number of rotatable bonds is 5. The van der Waals surface area contributed by atoms with Crippen molar-refractivity contribution in [3.8, 4) is 11.5 Å². The maximum atomic E-state index is 11.1. The number of benzene rings is 2. The van der Waals surface area contributed by atoms with Crippen LogP contribution in [-0.2, 0) is 4.79 Å². The molecule has 19 heavy (non-hydrogen) atoms. The lowest BCUT2D eigenvalue weighted by atomic mass is 10.2. The van der Waals surface area contributed by atoms with Crippen molar-refractivity contribution in [2.75, 3.05) is 12.2 Å². The highest BCUT2D eigenvalue weighted by atomic mass is 16.7. The van der Waals surface area contributed by atoms with Gasteiger partial charge in [-0.3, -0.25) is 4.79 Å². The summed E-state index contributed by atoms with van der Waals surface area (Å²) >= 11 is 0. The summed E-state index contributed by atoms with van der Waals surface area (Å²) in [5.74, 6) is 1.21. The molecule has 2 aromatic rings. The van der Waals surface area contributed by atoms with Crippen molar-refractivity contribution in [3.63, 3.8) is 0 Å². The van der Waals surface area contributed by atoms with Crippen LogP contribution in [0.5, 0.6) is 11.5 Å². The van der Waals surface area contributed by atoms with Gasteiger partial charge < -0.3 is 9.57 Å². The SMILES string of the molecule is COc1cccc(ON(C=O)c2ccc(C)cc2)c1. The fraction of sp³-hybridized carbons (Fsp3) is 0.133. The third-order valence-electron chi connectivity index (χ3n) is 2.63. The molecule has 0 aliphatic carbocycles. The Kier molecular flexibility index (Phi) is 4.03. The van der Waals surface area contributed by atoms with Crippen LogP contribution in [0.15, 0.2) is 48.5 Å². The Bertz CT molecular complexity index is 552.